The van der Waals surface area contributed by atoms with Gasteiger partial charge in [-0.05, 0) is 42.8 Å². The zero-order valence-corrected chi connectivity index (χ0v) is 16.6. The van der Waals surface area contributed by atoms with E-state index in [1.54, 1.807) is 30.3 Å². The molecule has 9 heteroatoms. The molecule has 156 valence electrons. The van der Waals surface area contributed by atoms with Crippen LogP contribution in [0.2, 0.25) is 0 Å². The quantitative estimate of drug-likeness (QED) is 0.230. The molecule has 9 nitrogen and oxygen atoms in total. The van der Waals surface area contributed by atoms with Crippen LogP contribution in [-0.4, -0.2) is 34.9 Å². The number of hydrogen-bond donors (Lipinski definition) is 1. The van der Waals surface area contributed by atoms with Crippen molar-refractivity contribution in [1.82, 2.24) is 4.98 Å². The van der Waals surface area contributed by atoms with Gasteiger partial charge in [0.15, 0.2) is 5.69 Å². The summed E-state index contributed by atoms with van der Waals surface area (Å²) in [5.41, 5.74) is 0.562. The van der Waals surface area contributed by atoms with Crippen LogP contribution in [0.4, 0.5) is 11.4 Å². The number of rotatable bonds is 9. The van der Waals surface area contributed by atoms with Crippen molar-refractivity contribution in [3.05, 3.63) is 58.3 Å². The summed E-state index contributed by atoms with van der Waals surface area (Å²) in [6.45, 7) is 2.74. The van der Waals surface area contributed by atoms with Crippen molar-refractivity contribution in [3.8, 4) is 28.9 Å². The first-order valence-corrected chi connectivity index (χ1v) is 9.31. The van der Waals surface area contributed by atoms with Crippen molar-refractivity contribution in [1.29, 1.82) is 0 Å². The number of nitro benzene ring substituents is 1. The largest absolute Gasteiger partial charge is 0.496 e. The number of aliphatic imine (C=N–C) groups is 1. The maximum Gasteiger partial charge on any atom is 0.312 e. The lowest BCUT2D eigenvalue weighted by molar-refractivity contribution is -0.384. The molecule has 2 aromatic carbocycles. The molecule has 0 saturated heterocycles. The van der Waals surface area contributed by atoms with Crippen LogP contribution in [0.15, 0.2) is 51.9 Å². The van der Waals surface area contributed by atoms with E-state index in [4.69, 9.17) is 13.9 Å². The Bertz CT molecular complexity index is 1040. The normalized spacial score (nSPS) is 11.0. The Morgan fingerprint density at radius 2 is 1.97 bits per heavy atom. The molecule has 0 aliphatic heterocycles. The summed E-state index contributed by atoms with van der Waals surface area (Å²) in [5, 5.41) is 21.3. The van der Waals surface area contributed by atoms with Gasteiger partial charge in [0.05, 0.1) is 30.9 Å². The monoisotopic (exact) mass is 411 g/mol. The van der Waals surface area contributed by atoms with Gasteiger partial charge in [-0.2, -0.15) is 0 Å². The second-order valence-corrected chi connectivity index (χ2v) is 6.31. The number of aromatic hydroxyl groups is 1. The van der Waals surface area contributed by atoms with E-state index in [1.807, 2.05) is 0 Å². The maximum atomic E-state index is 11.3. The molecule has 0 bridgehead atoms. The van der Waals surface area contributed by atoms with Gasteiger partial charge in [0.25, 0.3) is 5.69 Å². The summed E-state index contributed by atoms with van der Waals surface area (Å²) in [6.07, 6.45) is 3.24. The lowest BCUT2D eigenvalue weighted by atomic mass is 10.2. The first-order chi connectivity index (χ1) is 14.5. The van der Waals surface area contributed by atoms with E-state index in [9.17, 15) is 15.2 Å². The molecule has 1 aromatic heterocycles. The summed E-state index contributed by atoms with van der Waals surface area (Å²) < 4.78 is 15.9. The van der Waals surface area contributed by atoms with Gasteiger partial charge in [-0.3, -0.25) is 10.1 Å². The average Bonchev–Trinajstić information content (AvgIpc) is 3.13. The van der Waals surface area contributed by atoms with Crippen LogP contribution in [0, 0.1) is 10.1 Å². The molecular formula is C21H21N3O6. The predicted molar refractivity (Wildman–Crippen MR) is 111 cm³/mol. The number of nitrogens with zero attached hydrogens (tertiary/aromatic N) is 3. The smallest absolute Gasteiger partial charge is 0.312 e. The third kappa shape index (κ3) is 4.93. The Morgan fingerprint density at radius 1 is 1.23 bits per heavy atom. The molecule has 3 aromatic rings. The first-order valence-electron chi connectivity index (χ1n) is 9.31. The van der Waals surface area contributed by atoms with Gasteiger partial charge in [-0.25, -0.2) is 9.98 Å². The number of hydrogen-bond acceptors (Lipinski definition) is 8. The number of oxazole rings is 1. The summed E-state index contributed by atoms with van der Waals surface area (Å²) in [6, 6.07) is 11.4. The molecule has 1 N–H and O–H groups in total. The molecule has 3 rings (SSSR count). The number of nitro groups is 1. The minimum atomic E-state index is -0.562. The van der Waals surface area contributed by atoms with Gasteiger partial charge in [0.1, 0.15) is 17.2 Å². The average molecular weight is 411 g/mol. The fourth-order valence-corrected chi connectivity index (χ4v) is 2.58. The van der Waals surface area contributed by atoms with Crippen LogP contribution in [-0.2, 0) is 0 Å². The number of ether oxygens (including phenoxy) is 2. The fraction of sp³-hybridized carbons (Fsp3) is 0.238. The molecule has 0 amide bonds. The van der Waals surface area contributed by atoms with E-state index in [0.717, 1.165) is 18.6 Å². The van der Waals surface area contributed by atoms with E-state index in [2.05, 4.69) is 16.9 Å². The molecule has 0 spiro atoms. The standard InChI is InChI=1S/C21H21N3O6/c1-3-4-11-29-15-7-5-14(6-8-15)20-23-18(21(25)30-20)13-22-17-10-9-16(28-2)12-19(17)24(26)27/h5-10,12-13,25H,3-4,11H2,1-2H3. The Balaban J connectivity index is 1.79. The van der Waals surface area contributed by atoms with Gasteiger partial charge >= 0.3 is 5.95 Å². The van der Waals surface area contributed by atoms with E-state index in [-0.39, 0.29) is 23.0 Å². The highest BCUT2D eigenvalue weighted by atomic mass is 16.6. The fourth-order valence-electron chi connectivity index (χ4n) is 2.58. The van der Waals surface area contributed by atoms with E-state index >= 15 is 0 Å². The van der Waals surface area contributed by atoms with Crippen molar-refractivity contribution in [2.45, 2.75) is 19.8 Å². The van der Waals surface area contributed by atoms with Crippen LogP contribution in [0.3, 0.4) is 0 Å². The molecule has 0 radical (unpaired) electrons. The van der Waals surface area contributed by atoms with Crippen molar-refractivity contribution in [2.75, 3.05) is 13.7 Å². The highest BCUT2D eigenvalue weighted by molar-refractivity contribution is 5.84. The number of aromatic nitrogens is 1. The van der Waals surface area contributed by atoms with E-state index in [0.29, 0.717) is 17.9 Å². The Morgan fingerprint density at radius 3 is 2.63 bits per heavy atom. The minimum absolute atomic E-state index is 0.0541. The van der Waals surface area contributed by atoms with Crippen molar-refractivity contribution >= 4 is 17.6 Å². The highest BCUT2D eigenvalue weighted by Crippen LogP contribution is 2.32. The highest BCUT2D eigenvalue weighted by Gasteiger charge is 2.16. The summed E-state index contributed by atoms with van der Waals surface area (Å²) >= 11 is 0. The van der Waals surface area contributed by atoms with Crippen LogP contribution < -0.4 is 9.47 Å². The molecule has 0 aliphatic carbocycles. The summed E-state index contributed by atoms with van der Waals surface area (Å²) in [4.78, 5) is 19.0. The molecule has 1 heterocycles. The molecule has 0 aliphatic rings. The molecule has 0 fully saturated rings. The van der Waals surface area contributed by atoms with Gasteiger partial charge in [0, 0.05) is 5.56 Å². The van der Waals surface area contributed by atoms with Crippen LogP contribution in [0.1, 0.15) is 25.5 Å². The summed E-state index contributed by atoms with van der Waals surface area (Å²) in [7, 11) is 1.42. The molecular weight excluding hydrogens is 390 g/mol. The molecule has 30 heavy (non-hydrogen) atoms. The van der Waals surface area contributed by atoms with Crippen LogP contribution in [0.25, 0.3) is 11.5 Å². The van der Waals surface area contributed by atoms with Crippen LogP contribution >= 0.6 is 0 Å². The lowest BCUT2D eigenvalue weighted by Crippen LogP contribution is -1.95. The van der Waals surface area contributed by atoms with Gasteiger partial charge < -0.3 is 19.0 Å². The zero-order chi connectivity index (χ0) is 21.5. The van der Waals surface area contributed by atoms with Gasteiger partial charge in [-0.1, -0.05) is 13.3 Å². The van der Waals surface area contributed by atoms with Gasteiger partial charge in [-0.15, -0.1) is 0 Å². The number of unbranched alkanes of at least 4 members (excludes halogenated alkanes) is 1. The SMILES string of the molecule is CCCCOc1ccc(-c2nc(C=Nc3ccc(OC)cc3[N+](=O)[O-])c(O)o2)cc1. The van der Waals surface area contributed by atoms with E-state index < -0.39 is 10.9 Å². The first kappa shape index (κ1) is 20.8. The number of methoxy groups -OCH3 is 1. The van der Waals surface area contributed by atoms with Gasteiger partial charge in [0.2, 0.25) is 5.89 Å². The van der Waals surface area contributed by atoms with E-state index in [1.165, 1.54) is 25.5 Å². The Kier molecular flexibility index (Phi) is 6.63. The zero-order valence-electron chi connectivity index (χ0n) is 16.6. The molecule has 0 unspecified atom stereocenters. The Labute approximate surface area is 172 Å². The topological polar surface area (TPSA) is 120 Å². The third-order valence-electron chi connectivity index (χ3n) is 4.21. The van der Waals surface area contributed by atoms with Crippen molar-refractivity contribution in [2.24, 2.45) is 4.99 Å². The maximum absolute atomic E-state index is 11.3. The molecule has 0 atom stereocenters. The summed E-state index contributed by atoms with van der Waals surface area (Å²) in [5.74, 6) is 0.831. The third-order valence-corrected chi connectivity index (χ3v) is 4.21. The minimum Gasteiger partial charge on any atom is -0.496 e. The van der Waals surface area contributed by atoms with Crippen molar-refractivity contribution < 1.29 is 23.9 Å². The number of benzene rings is 2. The second kappa shape index (κ2) is 9.55. The van der Waals surface area contributed by atoms with Crippen molar-refractivity contribution in [3.63, 3.8) is 0 Å². The predicted octanol–water partition coefficient (Wildman–Crippen LogP) is 4.89. The van der Waals surface area contributed by atoms with Crippen LogP contribution in [0.5, 0.6) is 17.4 Å². The Hall–Kier alpha value is -3.88. The second-order valence-electron chi connectivity index (χ2n) is 6.31. The lowest BCUT2D eigenvalue weighted by Gasteiger charge is -2.05. The molecule has 0 saturated carbocycles.